The smallest absolute Gasteiger partial charge is 0.273 e. The maximum Gasteiger partial charge on any atom is 0.273 e. The highest BCUT2D eigenvalue weighted by Crippen LogP contribution is 2.02. The van der Waals surface area contributed by atoms with Gasteiger partial charge in [-0.2, -0.15) is 0 Å². The molecule has 0 spiro atoms. The third kappa shape index (κ3) is 4.94. The van der Waals surface area contributed by atoms with Crippen molar-refractivity contribution in [2.45, 2.75) is 32.4 Å². The van der Waals surface area contributed by atoms with Crippen LogP contribution in [0.5, 0.6) is 0 Å². The average Bonchev–Trinajstić information content (AvgIpc) is 2.49. The number of hydrogen-bond donors (Lipinski definition) is 3. The van der Waals surface area contributed by atoms with E-state index < -0.39 is 0 Å². The van der Waals surface area contributed by atoms with Crippen LogP contribution in [0.25, 0.3) is 10.8 Å². The SMILES string of the molecule is CC(N)CCNC(=O)CCn1[nH]c(=O)c2ccccc2c1=O.Cl. The summed E-state index contributed by atoms with van der Waals surface area (Å²) in [6.07, 6.45) is 0.811. The Labute approximate surface area is 139 Å². The van der Waals surface area contributed by atoms with Crippen LogP contribution in [-0.4, -0.2) is 28.3 Å². The molecule has 1 unspecified atom stereocenters. The van der Waals surface area contributed by atoms with Gasteiger partial charge in [-0.3, -0.25) is 19.5 Å². The van der Waals surface area contributed by atoms with Crippen molar-refractivity contribution in [3.8, 4) is 0 Å². The number of aromatic nitrogens is 2. The highest BCUT2D eigenvalue weighted by atomic mass is 35.5. The molecule has 0 saturated carbocycles. The maximum atomic E-state index is 12.2. The lowest BCUT2D eigenvalue weighted by Gasteiger charge is -2.09. The van der Waals surface area contributed by atoms with E-state index in [1.807, 2.05) is 6.92 Å². The predicted octanol–water partition coefficient (Wildman–Crippen LogP) is 0.355. The molecule has 0 fully saturated rings. The minimum absolute atomic E-state index is 0. The summed E-state index contributed by atoms with van der Waals surface area (Å²) in [5.74, 6) is -0.179. The Morgan fingerprint density at radius 3 is 2.61 bits per heavy atom. The van der Waals surface area contributed by atoms with Gasteiger partial charge in [-0.25, -0.2) is 4.68 Å². The molecule has 1 atom stereocenters. The number of nitrogens with one attached hydrogen (secondary N) is 2. The molecule has 126 valence electrons. The molecule has 2 aromatic rings. The highest BCUT2D eigenvalue weighted by molar-refractivity contribution is 5.85. The number of fused-ring (bicyclic) bond motifs is 1. The van der Waals surface area contributed by atoms with Crippen molar-refractivity contribution in [2.24, 2.45) is 5.73 Å². The molecule has 0 radical (unpaired) electrons. The Morgan fingerprint density at radius 2 is 1.96 bits per heavy atom. The van der Waals surface area contributed by atoms with Crippen LogP contribution < -0.4 is 22.2 Å². The molecule has 2 rings (SSSR count). The van der Waals surface area contributed by atoms with Crippen LogP contribution in [0.15, 0.2) is 33.9 Å². The Balaban J connectivity index is 0.00000264. The summed E-state index contributed by atoms with van der Waals surface area (Å²) < 4.78 is 1.18. The van der Waals surface area contributed by atoms with Crippen LogP contribution in [0.1, 0.15) is 19.8 Å². The van der Waals surface area contributed by atoms with Gasteiger partial charge in [0, 0.05) is 19.0 Å². The van der Waals surface area contributed by atoms with Crippen molar-refractivity contribution in [3.05, 3.63) is 45.0 Å². The van der Waals surface area contributed by atoms with Gasteiger partial charge in [-0.1, -0.05) is 12.1 Å². The first kappa shape index (κ1) is 18.9. The quantitative estimate of drug-likeness (QED) is 0.705. The van der Waals surface area contributed by atoms with Crippen molar-refractivity contribution in [1.82, 2.24) is 15.1 Å². The maximum absolute atomic E-state index is 12.2. The fourth-order valence-corrected chi connectivity index (χ4v) is 2.15. The minimum Gasteiger partial charge on any atom is -0.356 e. The summed E-state index contributed by atoms with van der Waals surface area (Å²) in [4.78, 5) is 35.9. The Morgan fingerprint density at radius 1 is 1.30 bits per heavy atom. The lowest BCUT2D eigenvalue weighted by Crippen LogP contribution is -2.33. The van der Waals surface area contributed by atoms with Crippen molar-refractivity contribution < 1.29 is 4.79 Å². The summed E-state index contributed by atoms with van der Waals surface area (Å²) in [7, 11) is 0. The normalized spacial score (nSPS) is 11.7. The third-order valence-corrected chi connectivity index (χ3v) is 3.37. The average molecular weight is 341 g/mol. The molecule has 23 heavy (non-hydrogen) atoms. The van der Waals surface area contributed by atoms with E-state index in [2.05, 4.69) is 10.4 Å². The molecule has 8 heteroatoms. The van der Waals surface area contributed by atoms with Crippen molar-refractivity contribution in [3.63, 3.8) is 0 Å². The zero-order valence-corrected chi connectivity index (χ0v) is 13.7. The topological polar surface area (TPSA) is 110 Å². The van der Waals surface area contributed by atoms with E-state index in [1.165, 1.54) is 4.68 Å². The number of halogens is 1. The Bertz CT molecular complexity index is 782. The Hall–Kier alpha value is -2.12. The molecule has 4 N–H and O–H groups in total. The second-order valence-electron chi connectivity index (χ2n) is 5.31. The zero-order valence-electron chi connectivity index (χ0n) is 12.9. The molecule has 7 nitrogen and oxygen atoms in total. The van der Waals surface area contributed by atoms with E-state index in [0.717, 1.165) is 0 Å². The van der Waals surface area contributed by atoms with Gasteiger partial charge in [0.1, 0.15) is 0 Å². The number of nitrogens with two attached hydrogens (primary N) is 1. The number of H-pyrrole nitrogens is 1. The number of aryl methyl sites for hydroxylation is 1. The van der Waals surface area contributed by atoms with Gasteiger partial charge < -0.3 is 11.1 Å². The largest absolute Gasteiger partial charge is 0.356 e. The van der Waals surface area contributed by atoms with E-state index >= 15 is 0 Å². The second kappa shape index (κ2) is 8.50. The van der Waals surface area contributed by atoms with Gasteiger partial charge in [-0.15, -0.1) is 12.4 Å². The van der Waals surface area contributed by atoms with Crippen LogP contribution in [-0.2, 0) is 11.3 Å². The van der Waals surface area contributed by atoms with E-state index in [0.29, 0.717) is 23.7 Å². The van der Waals surface area contributed by atoms with Crippen molar-refractivity contribution >= 4 is 29.1 Å². The van der Waals surface area contributed by atoms with E-state index in [9.17, 15) is 14.4 Å². The van der Waals surface area contributed by atoms with E-state index in [-0.39, 0.29) is 48.4 Å². The number of rotatable bonds is 6. The first-order chi connectivity index (χ1) is 10.5. The number of aromatic amines is 1. The predicted molar refractivity (Wildman–Crippen MR) is 92.0 cm³/mol. The summed E-state index contributed by atoms with van der Waals surface area (Å²) in [6.45, 7) is 2.49. The molecule has 0 saturated heterocycles. The molecule has 0 aliphatic rings. The molecule has 1 heterocycles. The number of hydrogen-bond acceptors (Lipinski definition) is 4. The summed E-state index contributed by atoms with van der Waals surface area (Å²) >= 11 is 0. The van der Waals surface area contributed by atoms with Crippen LogP contribution in [0.2, 0.25) is 0 Å². The monoisotopic (exact) mass is 340 g/mol. The van der Waals surface area contributed by atoms with Gasteiger partial charge in [0.05, 0.1) is 17.3 Å². The van der Waals surface area contributed by atoms with Crippen LogP contribution in [0.4, 0.5) is 0 Å². The first-order valence-electron chi connectivity index (χ1n) is 7.23. The summed E-state index contributed by atoms with van der Waals surface area (Å²) in [6, 6.07) is 6.63. The zero-order chi connectivity index (χ0) is 16.1. The fraction of sp³-hybridized carbons (Fsp3) is 0.400. The molecule has 1 aromatic heterocycles. The second-order valence-corrected chi connectivity index (χ2v) is 5.31. The molecule has 1 amide bonds. The summed E-state index contributed by atoms with van der Waals surface area (Å²) in [5, 5.41) is 5.93. The van der Waals surface area contributed by atoms with Gasteiger partial charge in [0.2, 0.25) is 5.91 Å². The van der Waals surface area contributed by atoms with E-state index in [1.54, 1.807) is 24.3 Å². The molecule has 0 aliphatic heterocycles. The lowest BCUT2D eigenvalue weighted by atomic mass is 10.2. The standard InChI is InChI=1S/C15H20N4O3.ClH/c1-10(16)6-8-17-13(20)7-9-19-15(22)12-5-3-2-4-11(12)14(21)18-19;/h2-5,10H,6-9,16H2,1H3,(H,17,20)(H,18,21);1H. The summed E-state index contributed by atoms with van der Waals surface area (Å²) in [5.41, 5.74) is 4.95. The number of carbonyl (C=O) groups excluding carboxylic acids is 1. The Kier molecular flexibility index (Phi) is 6.99. The fourth-order valence-electron chi connectivity index (χ4n) is 2.15. The number of benzene rings is 1. The number of amides is 1. The van der Waals surface area contributed by atoms with E-state index in [4.69, 9.17) is 5.73 Å². The van der Waals surface area contributed by atoms with Gasteiger partial charge in [-0.05, 0) is 25.5 Å². The third-order valence-electron chi connectivity index (χ3n) is 3.37. The van der Waals surface area contributed by atoms with Crippen LogP contribution in [0.3, 0.4) is 0 Å². The van der Waals surface area contributed by atoms with Gasteiger partial charge in [0.15, 0.2) is 0 Å². The first-order valence-corrected chi connectivity index (χ1v) is 7.23. The lowest BCUT2D eigenvalue weighted by molar-refractivity contribution is -0.121. The van der Waals surface area contributed by atoms with Gasteiger partial charge in [0.25, 0.3) is 11.1 Å². The molecule has 0 aliphatic carbocycles. The number of nitrogens with zero attached hydrogens (tertiary/aromatic N) is 1. The van der Waals surface area contributed by atoms with Crippen molar-refractivity contribution in [1.29, 1.82) is 0 Å². The van der Waals surface area contributed by atoms with Gasteiger partial charge >= 0.3 is 0 Å². The molecule has 0 bridgehead atoms. The van der Waals surface area contributed by atoms with Crippen LogP contribution in [0, 0.1) is 0 Å². The van der Waals surface area contributed by atoms with Crippen molar-refractivity contribution in [2.75, 3.05) is 6.54 Å². The number of carbonyl (C=O) groups is 1. The van der Waals surface area contributed by atoms with Crippen LogP contribution >= 0.6 is 12.4 Å². The molecule has 1 aromatic carbocycles. The minimum atomic E-state index is -0.340. The molecular weight excluding hydrogens is 320 g/mol. The molecular formula is C15H21ClN4O3. The highest BCUT2D eigenvalue weighted by Gasteiger charge is 2.08.